The fourth-order valence-electron chi connectivity index (χ4n) is 2.89. The van der Waals surface area contributed by atoms with Crippen molar-refractivity contribution in [1.29, 1.82) is 0 Å². The van der Waals surface area contributed by atoms with Crippen LogP contribution < -0.4 is 5.32 Å². The van der Waals surface area contributed by atoms with Gasteiger partial charge in [0.25, 0.3) is 0 Å². The molecule has 10 nitrogen and oxygen atoms in total. The first-order valence-electron chi connectivity index (χ1n) is 9.22. The van der Waals surface area contributed by atoms with Gasteiger partial charge in [0.05, 0.1) is 37.7 Å². The van der Waals surface area contributed by atoms with Crippen LogP contribution in [0, 0.1) is 6.92 Å². The molecule has 168 valence electrons. The van der Waals surface area contributed by atoms with Gasteiger partial charge < -0.3 is 19.6 Å². The van der Waals surface area contributed by atoms with Crippen LogP contribution in [0.5, 0.6) is 0 Å². The molecule has 0 amide bonds. The topological polar surface area (TPSA) is 120 Å². The number of nitrogens with one attached hydrogen (secondary N) is 1. The predicted molar refractivity (Wildman–Crippen MR) is 99.6 cm³/mol. The van der Waals surface area contributed by atoms with Gasteiger partial charge in [0.15, 0.2) is 0 Å². The van der Waals surface area contributed by atoms with Crippen LogP contribution in [-0.4, -0.2) is 54.7 Å². The van der Waals surface area contributed by atoms with Gasteiger partial charge in [-0.05, 0) is 19.1 Å². The first-order valence-corrected chi connectivity index (χ1v) is 9.22. The Balaban J connectivity index is 0.000000339. The second kappa shape index (κ2) is 9.31. The number of alkyl halides is 3. The molecule has 1 atom stereocenters. The first kappa shape index (κ1) is 22.5. The third-order valence-electron chi connectivity index (χ3n) is 4.36. The van der Waals surface area contributed by atoms with Crippen molar-refractivity contribution in [2.75, 3.05) is 6.54 Å². The molecule has 0 saturated heterocycles. The zero-order chi connectivity index (χ0) is 22.6. The van der Waals surface area contributed by atoms with E-state index in [0.29, 0.717) is 19.7 Å². The third-order valence-corrected chi connectivity index (χ3v) is 4.36. The average molecular weight is 442 g/mol. The maximum absolute atomic E-state index is 10.6. The van der Waals surface area contributed by atoms with Gasteiger partial charge in [-0.2, -0.15) is 18.3 Å². The highest BCUT2D eigenvalue weighted by molar-refractivity contribution is 5.73. The normalized spacial score (nSPS) is 15.8. The lowest BCUT2D eigenvalue weighted by Gasteiger charge is -2.24. The van der Waals surface area contributed by atoms with Crippen molar-refractivity contribution in [2.24, 2.45) is 7.05 Å². The van der Waals surface area contributed by atoms with E-state index in [1.165, 1.54) is 0 Å². The number of aryl methyl sites for hydroxylation is 2. The van der Waals surface area contributed by atoms with Crippen molar-refractivity contribution in [3.8, 4) is 11.3 Å². The molecule has 0 spiro atoms. The second-order valence-corrected chi connectivity index (χ2v) is 6.85. The number of carboxylic acid groups (broad SMARTS) is 1. The summed E-state index contributed by atoms with van der Waals surface area (Å²) in [6.45, 7) is 4.57. The van der Waals surface area contributed by atoms with Gasteiger partial charge in [-0.25, -0.2) is 9.48 Å². The highest BCUT2D eigenvalue weighted by Gasteiger charge is 2.38. The Bertz CT molecular complexity index is 1030. The van der Waals surface area contributed by atoms with Crippen LogP contribution in [0.1, 0.15) is 17.2 Å². The quantitative estimate of drug-likeness (QED) is 0.615. The maximum Gasteiger partial charge on any atom is 0.490 e. The van der Waals surface area contributed by atoms with E-state index >= 15 is 0 Å². The van der Waals surface area contributed by atoms with Crippen molar-refractivity contribution in [2.45, 2.75) is 38.9 Å². The predicted octanol–water partition coefficient (Wildman–Crippen LogP) is 1.90. The van der Waals surface area contributed by atoms with Crippen molar-refractivity contribution >= 4 is 5.97 Å². The summed E-state index contributed by atoms with van der Waals surface area (Å²) < 4.78 is 46.9. The van der Waals surface area contributed by atoms with Gasteiger partial charge in [0.2, 0.25) is 0 Å². The summed E-state index contributed by atoms with van der Waals surface area (Å²) >= 11 is 0. The molecular formula is C18H21F3N6O4. The Labute approximate surface area is 174 Å². The van der Waals surface area contributed by atoms with E-state index in [0.717, 1.165) is 35.0 Å². The smallest absolute Gasteiger partial charge is 0.475 e. The number of carboxylic acids is 1. The number of ether oxygens (including phenoxy) is 1. The summed E-state index contributed by atoms with van der Waals surface area (Å²) in [7, 11) is 1.89. The molecule has 31 heavy (non-hydrogen) atoms. The van der Waals surface area contributed by atoms with Gasteiger partial charge in [-0.3, -0.25) is 4.68 Å². The van der Waals surface area contributed by atoms with E-state index in [2.05, 4.69) is 20.7 Å². The Kier molecular flexibility index (Phi) is 6.75. The number of rotatable bonds is 5. The monoisotopic (exact) mass is 442 g/mol. The molecule has 3 aromatic heterocycles. The van der Waals surface area contributed by atoms with Gasteiger partial charge in [0, 0.05) is 25.4 Å². The van der Waals surface area contributed by atoms with Crippen molar-refractivity contribution in [3.63, 3.8) is 0 Å². The summed E-state index contributed by atoms with van der Waals surface area (Å²) in [5, 5.41) is 23.2. The van der Waals surface area contributed by atoms with E-state index in [9.17, 15) is 13.2 Å². The van der Waals surface area contributed by atoms with Crippen LogP contribution in [-0.2, 0) is 36.3 Å². The summed E-state index contributed by atoms with van der Waals surface area (Å²) in [4.78, 5) is 8.90. The first-order chi connectivity index (χ1) is 14.6. The molecule has 4 heterocycles. The summed E-state index contributed by atoms with van der Waals surface area (Å²) in [5.41, 5.74) is 2.81. The Morgan fingerprint density at radius 1 is 1.39 bits per heavy atom. The van der Waals surface area contributed by atoms with Gasteiger partial charge in [-0.15, -0.1) is 5.10 Å². The molecule has 1 unspecified atom stereocenters. The lowest BCUT2D eigenvalue weighted by molar-refractivity contribution is -0.192. The molecule has 1 aliphatic rings. The second-order valence-electron chi connectivity index (χ2n) is 6.85. The minimum Gasteiger partial charge on any atom is -0.475 e. The number of aromatic nitrogens is 5. The van der Waals surface area contributed by atoms with E-state index < -0.39 is 12.1 Å². The average Bonchev–Trinajstić information content (AvgIpc) is 3.41. The van der Waals surface area contributed by atoms with Gasteiger partial charge in [0.1, 0.15) is 17.2 Å². The van der Waals surface area contributed by atoms with Crippen LogP contribution in [0.3, 0.4) is 0 Å². The fourth-order valence-corrected chi connectivity index (χ4v) is 2.89. The van der Waals surface area contributed by atoms with Crippen molar-refractivity contribution < 1.29 is 32.2 Å². The molecule has 4 rings (SSSR count). The summed E-state index contributed by atoms with van der Waals surface area (Å²) in [5.74, 6) is -0.896. The Morgan fingerprint density at radius 2 is 2.13 bits per heavy atom. The third kappa shape index (κ3) is 5.92. The van der Waals surface area contributed by atoms with Gasteiger partial charge in [-0.1, -0.05) is 5.21 Å². The number of hydrogen-bond acceptors (Lipinski definition) is 7. The lowest BCUT2D eigenvalue weighted by Crippen LogP contribution is -2.36. The van der Waals surface area contributed by atoms with Crippen LogP contribution >= 0.6 is 0 Å². The largest absolute Gasteiger partial charge is 0.490 e. The summed E-state index contributed by atoms with van der Waals surface area (Å²) in [6.07, 6.45) is -1.29. The molecule has 13 heteroatoms. The SMILES string of the molecule is Cc1ccc(CNCC2Cn3nnc(-c4cnn(C)c4)c3CO2)o1.O=C(O)C(F)(F)F. The van der Waals surface area contributed by atoms with E-state index in [-0.39, 0.29) is 6.10 Å². The molecule has 0 radical (unpaired) electrons. The minimum atomic E-state index is -5.08. The van der Waals surface area contributed by atoms with Crippen molar-refractivity contribution in [3.05, 3.63) is 41.7 Å². The van der Waals surface area contributed by atoms with Crippen molar-refractivity contribution in [1.82, 2.24) is 30.1 Å². The fraction of sp³-hybridized carbons (Fsp3) is 0.444. The number of nitrogens with zero attached hydrogens (tertiary/aromatic N) is 5. The van der Waals surface area contributed by atoms with Crippen LogP contribution in [0.25, 0.3) is 11.3 Å². The van der Waals surface area contributed by atoms with E-state index in [1.807, 2.05) is 37.0 Å². The van der Waals surface area contributed by atoms with Crippen LogP contribution in [0.15, 0.2) is 28.9 Å². The lowest BCUT2D eigenvalue weighted by atomic mass is 10.2. The minimum absolute atomic E-state index is 0.0667. The standard InChI is InChI=1S/C16H20N6O2.C2HF3O2/c1-11-3-4-13(24-11)6-17-7-14-9-22-15(10-23-14)16(19-20-22)12-5-18-21(2)8-12;3-2(4,5)1(6)7/h3-5,8,14,17H,6-7,9-10H2,1-2H3;(H,6,7). The van der Waals surface area contributed by atoms with Crippen LogP contribution in [0.2, 0.25) is 0 Å². The van der Waals surface area contributed by atoms with Crippen LogP contribution in [0.4, 0.5) is 13.2 Å². The summed E-state index contributed by atoms with van der Waals surface area (Å²) in [6, 6.07) is 3.95. The Hall–Kier alpha value is -3.19. The Morgan fingerprint density at radius 3 is 2.71 bits per heavy atom. The molecule has 0 bridgehead atoms. The van der Waals surface area contributed by atoms with E-state index in [4.69, 9.17) is 19.1 Å². The highest BCUT2D eigenvalue weighted by Crippen LogP contribution is 2.24. The molecule has 0 fully saturated rings. The molecule has 0 aromatic carbocycles. The van der Waals surface area contributed by atoms with E-state index in [1.54, 1.807) is 10.9 Å². The molecule has 0 saturated carbocycles. The molecule has 0 aliphatic carbocycles. The molecule has 1 aliphatic heterocycles. The zero-order valence-electron chi connectivity index (χ0n) is 16.8. The zero-order valence-corrected chi connectivity index (χ0v) is 16.8. The number of hydrogen-bond donors (Lipinski definition) is 2. The molecule has 2 N–H and O–H groups in total. The number of aliphatic carboxylic acids is 1. The molecular weight excluding hydrogens is 421 g/mol. The molecule has 3 aromatic rings. The maximum atomic E-state index is 10.6. The number of carbonyl (C=O) groups is 1. The number of halogens is 3. The number of furan rings is 1. The van der Waals surface area contributed by atoms with Gasteiger partial charge >= 0.3 is 12.1 Å². The number of fused-ring (bicyclic) bond motifs is 1. The highest BCUT2D eigenvalue weighted by atomic mass is 19.4.